The van der Waals surface area contributed by atoms with E-state index in [-0.39, 0.29) is 22.4 Å². The van der Waals surface area contributed by atoms with Gasteiger partial charge in [-0.2, -0.15) is 0 Å². The summed E-state index contributed by atoms with van der Waals surface area (Å²) in [4.78, 5) is 25.5. The molecule has 8 rings (SSSR count). The predicted molar refractivity (Wildman–Crippen MR) is 214 cm³/mol. The highest BCUT2D eigenvalue weighted by Crippen LogP contribution is 2.40. The smallest absolute Gasteiger partial charge is 0.165 e. The second kappa shape index (κ2) is 14.4. The highest BCUT2D eigenvalue weighted by molar-refractivity contribution is 6.30. The molecular formula is C46H44Cl2N2O2. The first-order chi connectivity index (χ1) is 24.9. The Balaban J connectivity index is 0.000000162. The molecule has 0 bridgehead atoms. The van der Waals surface area contributed by atoms with Crippen LogP contribution in [0.4, 0.5) is 0 Å². The van der Waals surface area contributed by atoms with E-state index in [4.69, 9.17) is 23.2 Å². The minimum Gasteiger partial charge on any atom is -0.339 e. The van der Waals surface area contributed by atoms with Gasteiger partial charge in [-0.1, -0.05) is 136 Å². The van der Waals surface area contributed by atoms with E-state index in [1.165, 1.54) is 11.1 Å². The Morgan fingerprint density at radius 3 is 1.19 bits per heavy atom. The summed E-state index contributed by atoms with van der Waals surface area (Å²) < 4.78 is 4.62. The number of hydrogen-bond donors (Lipinski definition) is 0. The topological polar surface area (TPSA) is 44.0 Å². The van der Waals surface area contributed by atoms with Gasteiger partial charge >= 0.3 is 0 Å². The van der Waals surface area contributed by atoms with Crippen molar-refractivity contribution in [3.63, 3.8) is 0 Å². The standard InChI is InChI=1S/2C23H22ClNO/c2*1-23(2)13-21-19(22(26)14-23)12-20(17-6-4-3-5-7-17)25(21)15-16-8-10-18(24)11-9-16/h2*3-12H,13-15H2,1-2H3. The van der Waals surface area contributed by atoms with E-state index >= 15 is 0 Å². The van der Waals surface area contributed by atoms with Crippen molar-refractivity contribution in [1.82, 2.24) is 9.13 Å². The molecule has 2 heterocycles. The van der Waals surface area contributed by atoms with Crippen LogP contribution in [0.5, 0.6) is 0 Å². The van der Waals surface area contributed by atoms with Crippen LogP contribution in [0.25, 0.3) is 22.5 Å². The summed E-state index contributed by atoms with van der Waals surface area (Å²) in [5.74, 6) is 0.506. The van der Waals surface area contributed by atoms with Gasteiger partial charge in [0.05, 0.1) is 0 Å². The Bertz CT molecular complexity index is 2070. The van der Waals surface area contributed by atoms with Crippen molar-refractivity contribution in [2.45, 2.75) is 66.5 Å². The van der Waals surface area contributed by atoms with Crippen LogP contribution in [0.3, 0.4) is 0 Å². The van der Waals surface area contributed by atoms with E-state index in [2.05, 4.69) is 97.5 Å². The first-order valence-corrected chi connectivity index (χ1v) is 18.7. The van der Waals surface area contributed by atoms with Crippen molar-refractivity contribution in [2.75, 3.05) is 0 Å². The maximum Gasteiger partial charge on any atom is 0.165 e. The predicted octanol–water partition coefficient (Wildman–Crippen LogP) is 12.0. The number of aromatic nitrogens is 2. The molecule has 0 N–H and O–H groups in total. The molecule has 0 unspecified atom stereocenters. The average Bonchev–Trinajstić information content (AvgIpc) is 3.65. The summed E-state index contributed by atoms with van der Waals surface area (Å²) >= 11 is 12.1. The molecule has 2 aromatic heterocycles. The molecule has 0 spiro atoms. The molecule has 2 aliphatic carbocycles. The summed E-state index contributed by atoms with van der Waals surface area (Å²) in [6.07, 6.45) is 3.04. The number of hydrogen-bond acceptors (Lipinski definition) is 2. The SMILES string of the molecule is CC1(C)CC(=O)c2cc(-c3ccccc3)n(Cc3ccc(Cl)cc3)c2C1.CC1(C)CC(=O)c2cc(-c3ccccc3)n(Cc3ccc(Cl)cc3)c2C1. The van der Waals surface area contributed by atoms with Gasteiger partial charge in [-0.05, 0) is 82.3 Å². The first-order valence-electron chi connectivity index (χ1n) is 18.0. The molecule has 4 aromatic carbocycles. The van der Waals surface area contributed by atoms with Gasteiger partial charge in [-0.3, -0.25) is 9.59 Å². The minimum absolute atomic E-state index is 0.00581. The Morgan fingerprint density at radius 2 is 0.846 bits per heavy atom. The normalized spacial score (nSPS) is 15.7. The molecule has 0 saturated carbocycles. The third-order valence-electron chi connectivity index (χ3n) is 10.2. The van der Waals surface area contributed by atoms with Gasteiger partial charge in [0.25, 0.3) is 0 Å². The van der Waals surface area contributed by atoms with Crippen LogP contribution >= 0.6 is 23.2 Å². The van der Waals surface area contributed by atoms with Gasteiger partial charge in [0.2, 0.25) is 0 Å². The second-order valence-corrected chi connectivity index (χ2v) is 16.7. The van der Waals surface area contributed by atoms with Crippen molar-refractivity contribution in [2.24, 2.45) is 10.8 Å². The van der Waals surface area contributed by atoms with Gasteiger partial charge in [0, 0.05) is 69.9 Å². The maximum absolute atomic E-state index is 12.8. The van der Waals surface area contributed by atoms with Gasteiger partial charge in [0.1, 0.15) is 0 Å². The highest BCUT2D eigenvalue weighted by atomic mass is 35.5. The summed E-state index contributed by atoms with van der Waals surface area (Å²) in [5, 5.41) is 1.48. The first kappa shape index (κ1) is 35.7. The molecule has 0 fully saturated rings. The van der Waals surface area contributed by atoms with Crippen LogP contribution in [0.1, 0.15) is 83.8 Å². The maximum atomic E-state index is 12.8. The molecule has 6 heteroatoms. The van der Waals surface area contributed by atoms with E-state index in [0.717, 1.165) is 81.0 Å². The van der Waals surface area contributed by atoms with E-state index in [9.17, 15) is 9.59 Å². The molecule has 52 heavy (non-hydrogen) atoms. The lowest BCUT2D eigenvalue weighted by molar-refractivity contribution is 0.0900. The number of fused-ring (bicyclic) bond motifs is 2. The number of nitrogens with zero attached hydrogens (tertiary/aromatic N) is 2. The van der Waals surface area contributed by atoms with Crippen molar-refractivity contribution < 1.29 is 9.59 Å². The number of halogens is 2. The summed E-state index contributed by atoms with van der Waals surface area (Å²) in [6.45, 7) is 10.2. The molecule has 0 saturated heterocycles. The van der Waals surface area contributed by atoms with Crippen molar-refractivity contribution >= 4 is 34.8 Å². The zero-order valence-corrected chi connectivity index (χ0v) is 31.8. The Labute approximate surface area is 317 Å². The Morgan fingerprint density at radius 1 is 0.500 bits per heavy atom. The van der Waals surface area contributed by atoms with Crippen molar-refractivity contribution in [3.05, 3.63) is 165 Å². The zero-order chi connectivity index (χ0) is 36.6. The summed E-state index contributed by atoms with van der Waals surface area (Å²) in [6, 6.07) is 40.7. The lowest BCUT2D eigenvalue weighted by atomic mass is 9.76. The highest BCUT2D eigenvalue weighted by Gasteiger charge is 2.36. The van der Waals surface area contributed by atoms with E-state index in [1.807, 2.05) is 60.7 Å². The summed E-state index contributed by atoms with van der Waals surface area (Å²) in [7, 11) is 0. The molecule has 0 radical (unpaired) electrons. The third kappa shape index (κ3) is 7.74. The van der Waals surface area contributed by atoms with Crippen molar-refractivity contribution in [3.8, 4) is 22.5 Å². The average molecular weight is 728 g/mol. The molecule has 0 atom stereocenters. The number of ketones is 2. The molecule has 0 aliphatic heterocycles. The fourth-order valence-electron chi connectivity index (χ4n) is 7.74. The number of carbonyl (C=O) groups is 2. The van der Waals surface area contributed by atoms with Crippen LogP contribution in [0.15, 0.2) is 121 Å². The third-order valence-corrected chi connectivity index (χ3v) is 10.7. The lowest BCUT2D eigenvalue weighted by Crippen LogP contribution is -2.28. The van der Waals surface area contributed by atoms with Crippen LogP contribution in [0, 0.1) is 10.8 Å². The largest absolute Gasteiger partial charge is 0.339 e. The van der Waals surface area contributed by atoms with Crippen LogP contribution < -0.4 is 0 Å². The second-order valence-electron chi connectivity index (χ2n) is 15.8. The number of Topliss-reactive ketones (excluding diaryl/α,β-unsaturated/α-hetero) is 2. The van der Waals surface area contributed by atoms with E-state index < -0.39 is 0 Å². The van der Waals surface area contributed by atoms with Gasteiger partial charge in [0.15, 0.2) is 11.6 Å². The molecule has 4 nitrogen and oxygen atoms in total. The Kier molecular flexibility index (Phi) is 9.91. The van der Waals surface area contributed by atoms with E-state index in [0.29, 0.717) is 12.8 Å². The fourth-order valence-corrected chi connectivity index (χ4v) is 7.99. The number of carbonyl (C=O) groups excluding carboxylic acids is 2. The molecule has 2 aliphatic rings. The van der Waals surface area contributed by atoms with Gasteiger partial charge < -0.3 is 9.13 Å². The van der Waals surface area contributed by atoms with Crippen molar-refractivity contribution in [1.29, 1.82) is 0 Å². The van der Waals surface area contributed by atoms with Crippen LogP contribution in [-0.4, -0.2) is 20.7 Å². The Hall–Kier alpha value is -4.64. The fraction of sp³-hybridized carbons (Fsp3) is 0.261. The number of rotatable bonds is 6. The number of benzene rings is 4. The van der Waals surface area contributed by atoms with E-state index in [1.54, 1.807) is 0 Å². The van der Waals surface area contributed by atoms with Gasteiger partial charge in [-0.25, -0.2) is 0 Å². The molecular weight excluding hydrogens is 683 g/mol. The monoisotopic (exact) mass is 726 g/mol. The summed E-state index contributed by atoms with van der Waals surface area (Å²) in [5.41, 5.74) is 10.9. The molecule has 6 aromatic rings. The van der Waals surface area contributed by atoms with Gasteiger partial charge in [-0.15, -0.1) is 0 Å². The molecule has 264 valence electrons. The van der Waals surface area contributed by atoms with Crippen LogP contribution in [-0.2, 0) is 25.9 Å². The van der Waals surface area contributed by atoms with Crippen LogP contribution in [0.2, 0.25) is 10.0 Å². The lowest BCUT2D eigenvalue weighted by Gasteiger charge is -2.30. The molecule has 0 amide bonds. The zero-order valence-electron chi connectivity index (χ0n) is 30.3. The minimum atomic E-state index is -0.00581. The quantitative estimate of drug-likeness (QED) is 0.171.